The molecule has 0 heterocycles. The molecule has 0 aliphatic heterocycles. The van der Waals surface area contributed by atoms with Gasteiger partial charge in [-0.1, -0.05) is 76.6 Å². The quantitative estimate of drug-likeness (QED) is 0.249. The van der Waals surface area contributed by atoms with Gasteiger partial charge in [0.1, 0.15) is 0 Å². The lowest BCUT2D eigenvalue weighted by molar-refractivity contribution is -0.114. The van der Waals surface area contributed by atoms with Crippen LogP contribution < -0.4 is 10.6 Å². The van der Waals surface area contributed by atoms with Crippen molar-refractivity contribution >= 4 is 22.9 Å². The van der Waals surface area contributed by atoms with Crippen LogP contribution in [0.5, 0.6) is 0 Å². The number of nitrogens with one attached hydrogen (secondary N) is 2. The molecule has 6 rings (SSSR count). The van der Waals surface area contributed by atoms with Crippen molar-refractivity contribution in [3.63, 3.8) is 0 Å². The Morgan fingerprint density at radius 3 is 1.24 bits per heavy atom. The molecule has 2 saturated carbocycles. The standard InChI is InChI=1S/C42H52N2O2/c1-3-5-7-29-9-13-31(14-10-29)33-17-21-35(22-18-33)43-37-25-27-40(46)42-38(26-28-39(45)41(37)42)44-36-23-19-34(20-24-36)32-15-11-30(12-16-32)8-6-4-2/h17-32,43-44H,3-16H2,1-2H3. The van der Waals surface area contributed by atoms with E-state index < -0.39 is 0 Å². The highest BCUT2D eigenvalue weighted by Crippen LogP contribution is 2.40. The fourth-order valence-electron chi connectivity index (χ4n) is 8.18. The van der Waals surface area contributed by atoms with Crippen LogP contribution in [-0.2, 0) is 9.59 Å². The molecule has 0 atom stereocenters. The lowest BCUT2D eigenvalue weighted by atomic mass is 9.77. The third-order valence-corrected chi connectivity index (χ3v) is 11.0. The average Bonchev–Trinajstić information content (AvgIpc) is 3.10. The van der Waals surface area contributed by atoms with Gasteiger partial charge in [0.25, 0.3) is 0 Å². The summed E-state index contributed by atoms with van der Waals surface area (Å²) in [5.74, 6) is 2.77. The minimum atomic E-state index is -0.151. The Hall–Kier alpha value is -3.66. The predicted octanol–water partition coefficient (Wildman–Crippen LogP) is 10.9. The third-order valence-electron chi connectivity index (χ3n) is 11.0. The Morgan fingerprint density at radius 1 is 0.522 bits per heavy atom. The van der Waals surface area contributed by atoms with E-state index in [-0.39, 0.29) is 11.6 Å². The van der Waals surface area contributed by atoms with Crippen molar-refractivity contribution in [1.29, 1.82) is 0 Å². The zero-order valence-electron chi connectivity index (χ0n) is 28.0. The summed E-state index contributed by atoms with van der Waals surface area (Å²) in [6.45, 7) is 4.57. The molecule has 2 N–H and O–H groups in total. The number of allylic oxidation sites excluding steroid dienone is 6. The highest BCUT2D eigenvalue weighted by atomic mass is 16.1. The molecular formula is C42H52N2O2. The maximum absolute atomic E-state index is 13.2. The summed E-state index contributed by atoms with van der Waals surface area (Å²) >= 11 is 0. The van der Waals surface area contributed by atoms with Crippen molar-refractivity contribution in [3.8, 4) is 0 Å². The summed E-state index contributed by atoms with van der Waals surface area (Å²) in [6.07, 6.45) is 25.1. The van der Waals surface area contributed by atoms with Gasteiger partial charge in [-0.3, -0.25) is 9.59 Å². The summed E-state index contributed by atoms with van der Waals surface area (Å²) in [5.41, 5.74) is 6.85. The zero-order valence-corrected chi connectivity index (χ0v) is 28.0. The maximum Gasteiger partial charge on any atom is 0.188 e. The summed E-state index contributed by atoms with van der Waals surface area (Å²) < 4.78 is 0. The largest absolute Gasteiger partial charge is 0.355 e. The topological polar surface area (TPSA) is 58.2 Å². The van der Waals surface area contributed by atoms with Crippen LogP contribution in [0, 0.1) is 11.8 Å². The number of unbranched alkanes of at least 4 members (excludes halogenated alkanes) is 2. The number of rotatable bonds is 12. The van der Waals surface area contributed by atoms with Crippen molar-refractivity contribution in [2.75, 3.05) is 10.6 Å². The molecule has 46 heavy (non-hydrogen) atoms. The van der Waals surface area contributed by atoms with Gasteiger partial charge >= 0.3 is 0 Å². The first-order valence-electron chi connectivity index (χ1n) is 18.2. The molecule has 0 saturated heterocycles. The first-order chi connectivity index (χ1) is 22.5. The van der Waals surface area contributed by atoms with Crippen LogP contribution in [0.25, 0.3) is 0 Å². The van der Waals surface area contributed by atoms with Crippen LogP contribution in [0.15, 0.2) is 95.4 Å². The van der Waals surface area contributed by atoms with Crippen molar-refractivity contribution in [2.45, 2.75) is 116 Å². The van der Waals surface area contributed by atoms with Crippen molar-refractivity contribution in [3.05, 3.63) is 107 Å². The monoisotopic (exact) mass is 616 g/mol. The Bertz CT molecular complexity index is 1380. The summed E-state index contributed by atoms with van der Waals surface area (Å²) in [6, 6.07) is 17.4. The van der Waals surface area contributed by atoms with E-state index in [0.29, 0.717) is 34.4 Å². The normalized spacial score (nSPS) is 24.7. The van der Waals surface area contributed by atoms with E-state index in [1.807, 2.05) is 0 Å². The van der Waals surface area contributed by atoms with Gasteiger partial charge in [-0.15, -0.1) is 0 Å². The fourth-order valence-corrected chi connectivity index (χ4v) is 8.18. The SMILES string of the molecule is CCCCC1CCC(c2ccc(NC3=C4C(=O)C=CC(Nc5ccc(C6CCC(CCCC)CC6)cc5)=C4C(=O)C=C3)cc2)CC1. The minimum Gasteiger partial charge on any atom is -0.355 e. The number of ketones is 2. The lowest BCUT2D eigenvalue weighted by Crippen LogP contribution is -2.24. The molecule has 0 aromatic heterocycles. The molecule has 4 heteroatoms. The van der Waals surface area contributed by atoms with Crippen LogP contribution in [0.2, 0.25) is 0 Å². The van der Waals surface area contributed by atoms with Crippen molar-refractivity contribution in [1.82, 2.24) is 0 Å². The Morgan fingerprint density at radius 2 is 0.891 bits per heavy atom. The Labute approximate surface area is 276 Å². The van der Waals surface area contributed by atoms with Crippen LogP contribution >= 0.6 is 0 Å². The van der Waals surface area contributed by atoms with E-state index in [0.717, 1.165) is 23.2 Å². The number of hydrogen-bond donors (Lipinski definition) is 2. The van der Waals surface area contributed by atoms with Gasteiger partial charge in [-0.05, 0) is 135 Å². The van der Waals surface area contributed by atoms with E-state index in [4.69, 9.17) is 0 Å². The van der Waals surface area contributed by atoms with Gasteiger partial charge in [0.05, 0.1) is 22.5 Å². The molecule has 2 fully saturated rings. The molecule has 0 amide bonds. The third kappa shape index (κ3) is 7.65. The molecule has 0 radical (unpaired) electrons. The molecule has 4 nitrogen and oxygen atoms in total. The number of carbonyl (C=O) groups is 2. The molecular weight excluding hydrogens is 564 g/mol. The Balaban J connectivity index is 1.12. The van der Waals surface area contributed by atoms with Gasteiger partial charge in [0.15, 0.2) is 11.6 Å². The summed E-state index contributed by atoms with van der Waals surface area (Å²) in [7, 11) is 0. The average molecular weight is 617 g/mol. The first-order valence-corrected chi connectivity index (χ1v) is 18.2. The predicted molar refractivity (Wildman–Crippen MR) is 191 cm³/mol. The van der Waals surface area contributed by atoms with Gasteiger partial charge in [0, 0.05) is 11.4 Å². The van der Waals surface area contributed by atoms with Gasteiger partial charge < -0.3 is 10.6 Å². The van der Waals surface area contributed by atoms with Crippen molar-refractivity contribution < 1.29 is 9.59 Å². The number of fused-ring (bicyclic) bond motifs is 1. The molecule has 4 aliphatic carbocycles. The van der Waals surface area contributed by atoms with Crippen LogP contribution in [0.3, 0.4) is 0 Å². The number of anilines is 2. The van der Waals surface area contributed by atoms with E-state index in [1.54, 1.807) is 24.3 Å². The molecule has 0 bridgehead atoms. The van der Waals surface area contributed by atoms with E-state index >= 15 is 0 Å². The highest BCUT2D eigenvalue weighted by molar-refractivity contribution is 6.23. The molecule has 0 unspecified atom stereocenters. The number of benzene rings is 2. The molecule has 0 spiro atoms. The zero-order chi connectivity index (χ0) is 31.9. The van der Waals surface area contributed by atoms with E-state index in [1.165, 1.54) is 101 Å². The Kier molecular flexibility index (Phi) is 10.7. The van der Waals surface area contributed by atoms with Crippen LogP contribution in [-0.4, -0.2) is 11.6 Å². The van der Waals surface area contributed by atoms with Crippen LogP contribution in [0.4, 0.5) is 11.4 Å². The van der Waals surface area contributed by atoms with Gasteiger partial charge in [-0.2, -0.15) is 0 Å². The second-order valence-electron chi connectivity index (χ2n) is 14.2. The second-order valence-corrected chi connectivity index (χ2v) is 14.2. The van der Waals surface area contributed by atoms with Crippen LogP contribution in [0.1, 0.15) is 127 Å². The second kappa shape index (κ2) is 15.3. The van der Waals surface area contributed by atoms with Gasteiger partial charge in [0.2, 0.25) is 0 Å². The highest BCUT2D eigenvalue weighted by Gasteiger charge is 2.31. The fraction of sp³-hybridized carbons (Fsp3) is 0.476. The molecule has 242 valence electrons. The molecule has 2 aromatic carbocycles. The maximum atomic E-state index is 13.2. The molecule has 2 aromatic rings. The van der Waals surface area contributed by atoms with E-state index in [9.17, 15) is 9.59 Å². The number of carbonyl (C=O) groups excluding carboxylic acids is 2. The summed E-state index contributed by atoms with van der Waals surface area (Å²) in [5, 5.41) is 6.92. The lowest BCUT2D eigenvalue weighted by Gasteiger charge is -2.29. The first kappa shape index (κ1) is 32.3. The minimum absolute atomic E-state index is 0.151. The smallest absolute Gasteiger partial charge is 0.188 e. The summed E-state index contributed by atoms with van der Waals surface area (Å²) in [4.78, 5) is 26.4. The van der Waals surface area contributed by atoms with E-state index in [2.05, 4.69) is 73.0 Å². The van der Waals surface area contributed by atoms with Gasteiger partial charge in [-0.25, -0.2) is 0 Å². The molecule has 4 aliphatic rings. The van der Waals surface area contributed by atoms with Crippen molar-refractivity contribution in [2.24, 2.45) is 11.8 Å². The number of hydrogen-bond acceptors (Lipinski definition) is 4.